The van der Waals surface area contributed by atoms with E-state index in [1.807, 2.05) is 36.2 Å². The standard InChI is InChI=1S/C18H20N6O/c1-11-12(10-20-18(19)21-11)17(25)24-9-5-8-15(24)16-22-13-6-3-4-7-14(13)23(16)2/h3-4,6-7,10,15H,5,8-9H2,1-2H3,(H2,19,20,21). The first kappa shape index (κ1) is 15.6. The van der Waals surface area contributed by atoms with Gasteiger partial charge >= 0.3 is 0 Å². The highest BCUT2D eigenvalue weighted by Crippen LogP contribution is 2.34. The molecule has 3 heterocycles. The third kappa shape index (κ3) is 2.52. The van der Waals surface area contributed by atoms with Crippen molar-refractivity contribution in [2.24, 2.45) is 7.05 Å². The first-order valence-electron chi connectivity index (χ1n) is 8.37. The monoisotopic (exact) mass is 336 g/mol. The maximum absolute atomic E-state index is 13.1. The fourth-order valence-corrected chi connectivity index (χ4v) is 3.59. The number of anilines is 1. The highest BCUT2D eigenvalue weighted by molar-refractivity contribution is 5.95. The number of carbonyl (C=O) groups is 1. The van der Waals surface area contributed by atoms with Crippen LogP contribution in [0.5, 0.6) is 0 Å². The van der Waals surface area contributed by atoms with E-state index in [4.69, 9.17) is 10.7 Å². The largest absolute Gasteiger partial charge is 0.368 e. The van der Waals surface area contributed by atoms with Gasteiger partial charge in [-0.3, -0.25) is 4.79 Å². The smallest absolute Gasteiger partial charge is 0.257 e. The molecule has 1 aromatic carbocycles. The van der Waals surface area contributed by atoms with E-state index >= 15 is 0 Å². The van der Waals surface area contributed by atoms with Crippen LogP contribution >= 0.6 is 0 Å². The van der Waals surface area contributed by atoms with Gasteiger partial charge in [-0.05, 0) is 31.9 Å². The number of likely N-dealkylation sites (tertiary alicyclic amines) is 1. The normalized spacial score (nSPS) is 17.4. The number of amides is 1. The SMILES string of the molecule is Cc1nc(N)ncc1C(=O)N1CCCC1c1nc2ccccc2n1C. The lowest BCUT2D eigenvalue weighted by molar-refractivity contribution is 0.0727. The molecular weight excluding hydrogens is 316 g/mol. The number of rotatable bonds is 2. The maximum atomic E-state index is 13.1. The Morgan fingerprint density at radius 3 is 2.84 bits per heavy atom. The molecule has 7 nitrogen and oxygen atoms in total. The Morgan fingerprint density at radius 2 is 2.08 bits per heavy atom. The van der Waals surface area contributed by atoms with E-state index in [-0.39, 0.29) is 17.9 Å². The third-order valence-corrected chi connectivity index (χ3v) is 4.86. The van der Waals surface area contributed by atoms with E-state index < -0.39 is 0 Å². The van der Waals surface area contributed by atoms with Gasteiger partial charge in [0.25, 0.3) is 5.91 Å². The Kier molecular flexibility index (Phi) is 3.63. The van der Waals surface area contributed by atoms with Crippen LogP contribution in [-0.2, 0) is 7.05 Å². The van der Waals surface area contributed by atoms with Crippen LogP contribution in [0.4, 0.5) is 5.95 Å². The van der Waals surface area contributed by atoms with Crippen LogP contribution < -0.4 is 5.73 Å². The Hall–Kier alpha value is -2.96. The number of nitrogen functional groups attached to an aromatic ring is 1. The molecule has 0 spiro atoms. The molecule has 3 aromatic rings. The first-order chi connectivity index (χ1) is 12.1. The van der Waals surface area contributed by atoms with Gasteiger partial charge in [0.1, 0.15) is 5.82 Å². The summed E-state index contributed by atoms with van der Waals surface area (Å²) in [7, 11) is 2.00. The highest BCUT2D eigenvalue weighted by Gasteiger charge is 2.34. The summed E-state index contributed by atoms with van der Waals surface area (Å²) in [6, 6.07) is 7.98. The Labute approximate surface area is 145 Å². The number of aromatic nitrogens is 4. The number of hydrogen-bond donors (Lipinski definition) is 1. The molecular formula is C18H20N6O. The molecule has 7 heteroatoms. The topological polar surface area (TPSA) is 89.9 Å². The zero-order chi connectivity index (χ0) is 17.6. The van der Waals surface area contributed by atoms with Gasteiger partial charge in [-0.15, -0.1) is 0 Å². The second-order valence-electron chi connectivity index (χ2n) is 6.40. The fourth-order valence-electron chi connectivity index (χ4n) is 3.59. The van der Waals surface area contributed by atoms with Crippen LogP contribution in [0.3, 0.4) is 0 Å². The van der Waals surface area contributed by atoms with Crippen molar-refractivity contribution < 1.29 is 4.79 Å². The number of fused-ring (bicyclic) bond motifs is 1. The molecule has 0 bridgehead atoms. The molecule has 4 rings (SSSR count). The zero-order valence-corrected chi connectivity index (χ0v) is 14.3. The van der Waals surface area contributed by atoms with Gasteiger partial charge in [-0.1, -0.05) is 12.1 Å². The van der Waals surface area contributed by atoms with Crippen molar-refractivity contribution in [2.75, 3.05) is 12.3 Å². The highest BCUT2D eigenvalue weighted by atomic mass is 16.2. The van der Waals surface area contributed by atoms with Gasteiger partial charge in [0.05, 0.1) is 28.3 Å². The second kappa shape index (κ2) is 5.84. The second-order valence-corrected chi connectivity index (χ2v) is 6.40. The van der Waals surface area contributed by atoms with E-state index in [1.165, 1.54) is 6.20 Å². The summed E-state index contributed by atoms with van der Waals surface area (Å²) < 4.78 is 2.08. The lowest BCUT2D eigenvalue weighted by Gasteiger charge is -2.24. The molecule has 128 valence electrons. The lowest BCUT2D eigenvalue weighted by Crippen LogP contribution is -2.32. The first-order valence-corrected chi connectivity index (χ1v) is 8.37. The molecule has 1 aliphatic rings. The molecule has 1 saturated heterocycles. The molecule has 2 aromatic heterocycles. The number of nitrogens with zero attached hydrogens (tertiary/aromatic N) is 5. The number of nitrogens with two attached hydrogens (primary N) is 1. The van der Waals surface area contributed by atoms with Crippen molar-refractivity contribution in [1.82, 2.24) is 24.4 Å². The van der Waals surface area contributed by atoms with Gasteiger partial charge in [-0.2, -0.15) is 0 Å². The van der Waals surface area contributed by atoms with E-state index in [9.17, 15) is 4.79 Å². The Balaban J connectivity index is 1.72. The molecule has 1 amide bonds. The number of aryl methyl sites for hydroxylation is 2. The molecule has 0 saturated carbocycles. The quantitative estimate of drug-likeness (QED) is 0.775. The number of benzene rings is 1. The van der Waals surface area contributed by atoms with Gasteiger partial charge < -0.3 is 15.2 Å². The van der Waals surface area contributed by atoms with Crippen LogP contribution in [0.1, 0.15) is 40.8 Å². The van der Waals surface area contributed by atoms with E-state index in [0.717, 1.165) is 29.7 Å². The van der Waals surface area contributed by atoms with Crippen LogP contribution in [0.2, 0.25) is 0 Å². The number of imidazole rings is 1. The summed E-state index contributed by atoms with van der Waals surface area (Å²) in [6.45, 7) is 2.49. The van der Waals surface area contributed by atoms with Crippen LogP contribution in [0.15, 0.2) is 30.5 Å². The molecule has 1 atom stereocenters. The maximum Gasteiger partial charge on any atom is 0.257 e. The van der Waals surface area contributed by atoms with Crippen LogP contribution in [0, 0.1) is 6.92 Å². The molecule has 2 N–H and O–H groups in total. The Bertz CT molecular complexity index is 963. The minimum Gasteiger partial charge on any atom is -0.368 e. The summed E-state index contributed by atoms with van der Waals surface area (Å²) in [5.74, 6) is 1.04. The van der Waals surface area contributed by atoms with Gasteiger partial charge in [-0.25, -0.2) is 15.0 Å². The van der Waals surface area contributed by atoms with Crippen molar-refractivity contribution in [2.45, 2.75) is 25.8 Å². The molecule has 0 aliphatic carbocycles. The average molecular weight is 336 g/mol. The predicted octanol–water partition coefficient (Wildman–Crippen LogP) is 2.23. The third-order valence-electron chi connectivity index (χ3n) is 4.86. The molecule has 1 unspecified atom stereocenters. The van der Waals surface area contributed by atoms with Crippen LogP contribution in [-0.4, -0.2) is 36.9 Å². The summed E-state index contributed by atoms with van der Waals surface area (Å²) in [5, 5.41) is 0. The summed E-state index contributed by atoms with van der Waals surface area (Å²) in [4.78, 5) is 27.8. The fraction of sp³-hybridized carbons (Fsp3) is 0.333. The number of carbonyl (C=O) groups excluding carboxylic acids is 1. The minimum absolute atomic E-state index is 0.0400. The van der Waals surface area contributed by atoms with Crippen molar-refractivity contribution in [1.29, 1.82) is 0 Å². The summed E-state index contributed by atoms with van der Waals surface area (Å²) >= 11 is 0. The van der Waals surface area contributed by atoms with Gasteiger partial charge in [0, 0.05) is 19.8 Å². The molecule has 1 fully saturated rings. The Morgan fingerprint density at radius 1 is 1.28 bits per heavy atom. The molecule has 1 aliphatic heterocycles. The van der Waals surface area contributed by atoms with Crippen LogP contribution in [0.25, 0.3) is 11.0 Å². The number of hydrogen-bond acceptors (Lipinski definition) is 5. The average Bonchev–Trinajstić information content (AvgIpc) is 3.19. The zero-order valence-electron chi connectivity index (χ0n) is 14.3. The van der Waals surface area contributed by atoms with E-state index in [1.54, 1.807) is 6.92 Å². The van der Waals surface area contributed by atoms with Crippen molar-refractivity contribution >= 4 is 22.9 Å². The molecule has 25 heavy (non-hydrogen) atoms. The van der Waals surface area contributed by atoms with Crippen molar-refractivity contribution in [3.8, 4) is 0 Å². The van der Waals surface area contributed by atoms with Gasteiger partial charge in [0.2, 0.25) is 5.95 Å². The summed E-state index contributed by atoms with van der Waals surface area (Å²) in [6.07, 6.45) is 3.37. The van der Waals surface area contributed by atoms with E-state index in [0.29, 0.717) is 17.8 Å². The van der Waals surface area contributed by atoms with Crippen molar-refractivity contribution in [3.63, 3.8) is 0 Å². The lowest BCUT2D eigenvalue weighted by atomic mass is 10.1. The predicted molar refractivity (Wildman–Crippen MR) is 94.9 cm³/mol. The van der Waals surface area contributed by atoms with E-state index in [2.05, 4.69) is 14.5 Å². The summed E-state index contributed by atoms with van der Waals surface area (Å²) in [5.41, 5.74) is 8.73. The minimum atomic E-state index is -0.0629. The van der Waals surface area contributed by atoms with Gasteiger partial charge in [0.15, 0.2) is 0 Å². The number of para-hydroxylation sites is 2. The molecule has 0 radical (unpaired) electrons. The van der Waals surface area contributed by atoms with Crippen molar-refractivity contribution in [3.05, 3.63) is 47.5 Å².